The van der Waals surface area contributed by atoms with Gasteiger partial charge in [-0.1, -0.05) is 19.1 Å². The van der Waals surface area contributed by atoms with Crippen LogP contribution in [0.25, 0.3) is 0 Å². The molecule has 0 amide bonds. The molecule has 1 fully saturated rings. The molecule has 17 heavy (non-hydrogen) atoms. The monoisotopic (exact) mass is 297 g/mol. The molecule has 0 aliphatic carbocycles. The molecule has 2 rings (SSSR count). The maximum absolute atomic E-state index is 5.86. The van der Waals surface area contributed by atoms with Crippen LogP contribution in [0.4, 0.5) is 5.69 Å². The lowest BCUT2D eigenvalue weighted by Crippen LogP contribution is -2.41. The third-order valence-corrected chi connectivity index (χ3v) is 4.27. The first-order chi connectivity index (χ1) is 8.13. The molecule has 0 saturated carbocycles. The van der Waals surface area contributed by atoms with E-state index in [0.29, 0.717) is 6.04 Å². The number of ether oxygens (including phenoxy) is 1. The Kier molecular flexibility index (Phi) is 4.10. The molecule has 2 atom stereocenters. The van der Waals surface area contributed by atoms with Crippen LogP contribution in [0.2, 0.25) is 0 Å². The van der Waals surface area contributed by atoms with E-state index in [1.807, 2.05) is 6.07 Å². The van der Waals surface area contributed by atoms with Crippen LogP contribution >= 0.6 is 15.9 Å². The lowest BCUT2D eigenvalue weighted by atomic mass is 9.90. The minimum atomic E-state index is 0.0389. The van der Waals surface area contributed by atoms with Gasteiger partial charge in [-0.3, -0.25) is 0 Å². The van der Waals surface area contributed by atoms with Crippen LogP contribution in [0.3, 0.4) is 0 Å². The van der Waals surface area contributed by atoms with Crippen molar-refractivity contribution >= 4 is 21.6 Å². The Hall–Kier alpha value is -0.540. The number of nitrogens with one attached hydrogen (secondary N) is 1. The van der Waals surface area contributed by atoms with Gasteiger partial charge in [-0.05, 0) is 54.2 Å². The summed E-state index contributed by atoms with van der Waals surface area (Å²) >= 11 is 3.57. The third-order valence-electron chi connectivity index (χ3n) is 3.58. The molecule has 94 valence electrons. The number of benzene rings is 1. The molecule has 1 saturated heterocycles. The normalized spacial score (nSPS) is 29.0. The van der Waals surface area contributed by atoms with Crippen molar-refractivity contribution in [2.45, 2.75) is 44.8 Å². The van der Waals surface area contributed by atoms with Gasteiger partial charge in [0.25, 0.3) is 0 Å². The fourth-order valence-corrected chi connectivity index (χ4v) is 2.70. The summed E-state index contributed by atoms with van der Waals surface area (Å²) in [5, 5.41) is 3.61. The van der Waals surface area contributed by atoms with Gasteiger partial charge in [0.05, 0.1) is 5.60 Å². The van der Waals surface area contributed by atoms with Crippen LogP contribution in [0, 0.1) is 0 Å². The zero-order chi connectivity index (χ0) is 12.3. The zero-order valence-corrected chi connectivity index (χ0v) is 12.1. The average Bonchev–Trinajstić information content (AvgIpc) is 2.32. The number of hydrogen-bond acceptors (Lipinski definition) is 2. The Morgan fingerprint density at radius 3 is 2.94 bits per heavy atom. The number of hydrogen-bond donors (Lipinski definition) is 1. The van der Waals surface area contributed by atoms with E-state index in [4.69, 9.17) is 4.74 Å². The Labute approximate surface area is 112 Å². The van der Waals surface area contributed by atoms with Crippen molar-refractivity contribution in [3.8, 4) is 0 Å². The molecule has 1 aromatic carbocycles. The summed E-state index contributed by atoms with van der Waals surface area (Å²) in [4.78, 5) is 0. The quantitative estimate of drug-likeness (QED) is 0.902. The van der Waals surface area contributed by atoms with E-state index in [-0.39, 0.29) is 5.60 Å². The van der Waals surface area contributed by atoms with Gasteiger partial charge in [0.1, 0.15) is 0 Å². The first kappa shape index (κ1) is 12.9. The van der Waals surface area contributed by atoms with E-state index in [2.05, 4.69) is 53.3 Å². The average molecular weight is 298 g/mol. The van der Waals surface area contributed by atoms with E-state index >= 15 is 0 Å². The van der Waals surface area contributed by atoms with Gasteiger partial charge in [-0.25, -0.2) is 0 Å². The molecule has 1 aliphatic heterocycles. The first-order valence-corrected chi connectivity index (χ1v) is 7.07. The smallest absolute Gasteiger partial charge is 0.0671 e. The zero-order valence-electron chi connectivity index (χ0n) is 10.5. The standard InChI is InChI=1S/C14H20BrNO/c1-3-14(2)10-11(8-9-17-14)16-13-7-5-4-6-12(13)15/h4-7,11,16H,3,8-10H2,1-2H3. The molecule has 0 aromatic heterocycles. The maximum Gasteiger partial charge on any atom is 0.0671 e. The minimum absolute atomic E-state index is 0.0389. The largest absolute Gasteiger partial charge is 0.381 e. The SMILES string of the molecule is CCC1(C)CC(Nc2ccccc2Br)CCO1. The fraction of sp³-hybridized carbons (Fsp3) is 0.571. The highest BCUT2D eigenvalue weighted by Crippen LogP contribution is 2.31. The Morgan fingerprint density at radius 1 is 1.47 bits per heavy atom. The molecule has 0 bridgehead atoms. The topological polar surface area (TPSA) is 21.3 Å². The molecular weight excluding hydrogens is 278 g/mol. The molecule has 3 heteroatoms. The Morgan fingerprint density at radius 2 is 2.24 bits per heavy atom. The van der Waals surface area contributed by atoms with Gasteiger partial charge < -0.3 is 10.1 Å². The van der Waals surface area contributed by atoms with E-state index in [0.717, 1.165) is 30.3 Å². The molecular formula is C14H20BrNO. The molecule has 0 spiro atoms. The van der Waals surface area contributed by atoms with Crippen LogP contribution < -0.4 is 5.32 Å². The summed E-state index contributed by atoms with van der Waals surface area (Å²) in [5.74, 6) is 0. The van der Waals surface area contributed by atoms with Crippen molar-refractivity contribution < 1.29 is 4.74 Å². The Balaban J connectivity index is 2.02. The lowest BCUT2D eigenvalue weighted by molar-refractivity contribution is -0.0708. The summed E-state index contributed by atoms with van der Waals surface area (Å²) in [5.41, 5.74) is 1.22. The summed E-state index contributed by atoms with van der Waals surface area (Å²) in [6, 6.07) is 8.79. The van der Waals surface area contributed by atoms with Crippen molar-refractivity contribution in [1.82, 2.24) is 0 Å². The van der Waals surface area contributed by atoms with E-state index < -0.39 is 0 Å². The molecule has 2 unspecified atom stereocenters. The first-order valence-electron chi connectivity index (χ1n) is 6.28. The molecule has 1 aliphatic rings. The summed E-state index contributed by atoms with van der Waals surface area (Å²) in [6.45, 7) is 5.26. The molecule has 2 nitrogen and oxygen atoms in total. The second-order valence-electron chi connectivity index (χ2n) is 4.97. The van der Waals surface area contributed by atoms with Crippen molar-refractivity contribution in [1.29, 1.82) is 0 Å². The van der Waals surface area contributed by atoms with Gasteiger partial charge in [-0.15, -0.1) is 0 Å². The predicted octanol–water partition coefficient (Wildman–Crippen LogP) is 4.21. The molecule has 1 heterocycles. The molecule has 1 N–H and O–H groups in total. The van der Waals surface area contributed by atoms with Crippen LogP contribution in [-0.2, 0) is 4.74 Å². The maximum atomic E-state index is 5.86. The van der Waals surface area contributed by atoms with Crippen molar-refractivity contribution in [2.24, 2.45) is 0 Å². The van der Waals surface area contributed by atoms with Crippen LogP contribution in [0.15, 0.2) is 28.7 Å². The van der Waals surface area contributed by atoms with Crippen molar-refractivity contribution in [2.75, 3.05) is 11.9 Å². The van der Waals surface area contributed by atoms with E-state index in [1.165, 1.54) is 5.69 Å². The summed E-state index contributed by atoms with van der Waals surface area (Å²) in [7, 11) is 0. The second-order valence-corrected chi connectivity index (χ2v) is 5.82. The number of halogens is 1. The van der Waals surface area contributed by atoms with Crippen LogP contribution in [0.1, 0.15) is 33.1 Å². The van der Waals surface area contributed by atoms with Crippen molar-refractivity contribution in [3.63, 3.8) is 0 Å². The van der Waals surface area contributed by atoms with Crippen molar-refractivity contribution in [3.05, 3.63) is 28.7 Å². The Bertz CT molecular complexity index is 382. The number of para-hydroxylation sites is 1. The predicted molar refractivity (Wildman–Crippen MR) is 75.4 cm³/mol. The number of anilines is 1. The third kappa shape index (κ3) is 3.23. The van der Waals surface area contributed by atoms with Crippen LogP contribution in [0.5, 0.6) is 0 Å². The highest BCUT2D eigenvalue weighted by Gasteiger charge is 2.31. The van der Waals surface area contributed by atoms with Gasteiger partial charge in [-0.2, -0.15) is 0 Å². The fourth-order valence-electron chi connectivity index (χ4n) is 2.30. The highest BCUT2D eigenvalue weighted by atomic mass is 79.9. The van der Waals surface area contributed by atoms with Gasteiger partial charge in [0.2, 0.25) is 0 Å². The summed E-state index contributed by atoms with van der Waals surface area (Å²) in [6.07, 6.45) is 3.23. The minimum Gasteiger partial charge on any atom is -0.381 e. The highest BCUT2D eigenvalue weighted by molar-refractivity contribution is 9.10. The van der Waals surface area contributed by atoms with Gasteiger partial charge in [0.15, 0.2) is 0 Å². The molecule has 1 aromatic rings. The van der Waals surface area contributed by atoms with Gasteiger partial charge >= 0.3 is 0 Å². The second kappa shape index (κ2) is 5.40. The number of rotatable bonds is 3. The van der Waals surface area contributed by atoms with E-state index in [9.17, 15) is 0 Å². The van der Waals surface area contributed by atoms with Gasteiger partial charge in [0, 0.05) is 22.8 Å². The molecule has 0 radical (unpaired) electrons. The lowest BCUT2D eigenvalue weighted by Gasteiger charge is -2.38. The summed E-state index contributed by atoms with van der Waals surface area (Å²) < 4.78 is 6.99. The van der Waals surface area contributed by atoms with Crippen LogP contribution in [-0.4, -0.2) is 18.2 Å². The van der Waals surface area contributed by atoms with E-state index in [1.54, 1.807) is 0 Å².